The van der Waals surface area contributed by atoms with E-state index in [1.807, 2.05) is 35.2 Å². The first-order valence-electron chi connectivity index (χ1n) is 7.21. The van der Waals surface area contributed by atoms with Crippen LogP contribution in [0.15, 0.2) is 30.3 Å². The molecule has 0 spiro atoms. The average Bonchev–Trinajstić information content (AvgIpc) is 2.49. The molecule has 1 heterocycles. The quantitative estimate of drug-likeness (QED) is 0.802. The number of halogens is 2. The van der Waals surface area contributed by atoms with Crippen molar-refractivity contribution in [2.75, 3.05) is 46.4 Å². The molecule has 0 saturated carbocycles. The molecule has 0 aliphatic carbocycles. The highest BCUT2D eigenvalue weighted by Crippen LogP contribution is 2.18. The van der Waals surface area contributed by atoms with Crippen molar-refractivity contribution in [1.82, 2.24) is 9.80 Å². The van der Waals surface area contributed by atoms with Crippen molar-refractivity contribution >= 4 is 6.08 Å². The molecule has 1 aromatic carbocycles. The monoisotopic (exact) mass is 296 g/mol. The summed E-state index contributed by atoms with van der Waals surface area (Å²) < 4.78 is 29.9. The summed E-state index contributed by atoms with van der Waals surface area (Å²) in [6, 6.07) is 7.86. The summed E-state index contributed by atoms with van der Waals surface area (Å²) in [6.07, 6.45) is 1.91. The Kier molecular flexibility index (Phi) is 6.14. The van der Waals surface area contributed by atoms with E-state index in [2.05, 4.69) is 11.0 Å². The van der Waals surface area contributed by atoms with E-state index in [0.29, 0.717) is 13.1 Å². The van der Waals surface area contributed by atoms with Gasteiger partial charge in [0.05, 0.1) is 13.7 Å². The molecule has 21 heavy (non-hydrogen) atoms. The van der Waals surface area contributed by atoms with Crippen LogP contribution in [0.25, 0.3) is 6.08 Å². The molecule has 0 unspecified atom stereocenters. The normalized spacial score (nSPS) is 17.7. The number of benzene rings is 1. The number of ether oxygens (including phenoxy) is 1. The Balaban J connectivity index is 1.78. The summed E-state index contributed by atoms with van der Waals surface area (Å²) in [6.45, 7) is 3.83. The SMILES string of the molecule is COc1ccccc1C=CCN1CCN(CC(F)F)CC1. The van der Waals surface area contributed by atoms with Gasteiger partial charge in [0.1, 0.15) is 5.75 Å². The summed E-state index contributed by atoms with van der Waals surface area (Å²) in [5, 5.41) is 0. The maximum absolute atomic E-state index is 12.3. The number of alkyl halides is 2. The second-order valence-electron chi connectivity index (χ2n) is 5.14. The fourth-order valence-electron chi connectivity index (χ4n) is 2.48. The van der Waals surface area contributed by atoms with E-state index >= 15 is 0 Å². The van der Waals surface area contributed by atoms with Gasteiger partial charge in [-0.2, -0.15) is 0 Å². The molecule has 1 aromatic rings. The maximum atomic E-state index is 12.3. The number of para-hydroxylation sites is 1. The van der Waals surface area contributed by atoms with Crippen molar-refractivity contribution in [3.63, 3.8) is 0 Å². The molecule has 2 rings (SSSR count). The van der Waals surface area contributed by atoms with Gasteiger partial charge in [0.15, 0.2) is 0 Å². The molecule has 3 nitrogen and oxygen atoms in total. The minimum absolute atomic E-state index is 0.106. The van der Waals surface area contributed by atoms with Crippen molar-refractivity contribution in [3.05, 3.63) is 35.9 Å². The summed E-state index contributed by atoms with van der Waals surface area (Å²) in [5.74, 6) is 0.857. The van der Waals surface area contributed by atoms with Crippen molar-refractivity contribution in [2.45, 2.75) is 6.43 Å². The van der Waals surface area contributed by atoms with Crippen LogP contribution in [0.3, 0.4) is 0 Å². The van der Waals surface area contributed by atoms with Crippen LogP contribution in [0.2, 0.25) is 0 Å². The minimum atomic E-state index is -2.23. The van der Waals surface area contributed by atoms with Crippen LogP contribution in [0.1, 0.15) is 5.56 Å². The molecule has 0 aromatic heterocycles. The van der Waals surface area contributed by atoms with Crippen LogP contribution in [0, 0.1) is 0 Å². The number of hydrogen-bond acceptors (Lipinski definition) is 3. The molecular formula is C16H22F2N2O. The van der Waals surface area contributed by atoms with Crippen LogP contribution in [-0.2, 0) is 0 Å². The van der Waals surface area contributed by atoms with E-state index < -0.39 is 6.43 Å². The zero-order chi connectivity index (χ0) is 15.1. The summed E-state index contributed by atoms with van der Waals surface area (Å²) in [4.78, 5) is 4.10. The van der Waals surface area contributed by atoms with Crippen LogP contribution < -0.4 is 4.74 Å². The Morgan fingerprint density at radius 3 is 2.48 bits per heavy atom. The Morgan fingerprint density at radius 2 is 1.81 bits per heavy atom. The largest absolute Gasteiger partial charge is 0.496 e. The minimum Gasteiger partial charge on any atom is -0.496 e. The lowest BCUT2D eigenvalue weighted by molar-refractivity contribution is 0.0592. The fraction of sp³-hybridized carbons (Fsp3) is 0.500. The highest BCUT2D eigenvalue weighted by Gasteiger charge is 2.18. The Hall–Kier alpha value is -1.46. The Labute approximate surface area is 124 Å². The lowest BCUT2D eigenvalue weighted by Gasteiger charge is -2.33. The van der Waals surface area contributed by atoms with Crippen LogP contribution in [-0.4, -0.2) is 62.6 Å². The third kappa shape index (κ3) is 5.10. The van der Waals surface area contributed by atoms with Gasteiger partial charge in [-0.1, -0.05) is 30.4 Å². The molecule has 0 atom stereocenters. The smallest absolute Gasteiger partial charge is 0.251 e. The topological polar surface area (TPSA) is 15.7 Å². The fourth-order valence-corrected chi connectivity index (χ4v) is 2.48. The first kappa shape index (κ1) is 15.9. The van der Waals surface area contributed by atoms with Gasteiger partial charge in [-0.05, 0) is 6.07 Å². The van der Waals surface area contributed by atoms with Gasteiger partial charge in [0.25, 0.3) is 6.43 Å². The van der Waals surface area contributed by atoms with Crippen molar-refractivity contribution in [2.24, 2.45) is 0 Å². The number of hydrogen-bond donors (Lipinski definition) is 0. The molecule has 5 heteroatoms. The van der Waals surface area contributed by atoms with Gasteiger partial charge in [0, 0.05) is 38.3 Å². The van der Waals surface area contributed by atoms with Gasteiger partial charge in [-0.15, -0.1) is 0 Å². The predicted molar refractivity (Wildman–Crippen MR) is 80.9 cm³/mol. The zero-order valence-electron chi connectivity index (χ0n) is 12.3. The van der Waals surface area contributed by atoms with E-state index in [-0.39, 0.29) is 6.54 Å². The van der Waals surface area contributed by atoms with Gasteiger partial charge >= 0.3 is 0 Å². The van der Waals surface area contributed by atoms with Crippen LogP contribution in [0.4, 0.5) is 8.78 Å². The van der Waals surface area contributed by atoms with E-state index in [1.54, 1.807) is 7.11 Å². The predicted octanol–water partition coefficient (Wildman–Crippen LogP) is 2.59. The summed E-state index contributed by atoms with van der Waals surface area (Å²) in [7, 11) is 1.66. The first-order valence-corrected chi connectivity index (χ1v) is 7.21. The average molecular weight is 296 g/mol. The van der Waals surface area contributed by atoms with Gasteiger partial charge < -0.3 is 4.74 Å². The molecule has 1 aliphatic rings. The number of nitrogens with zero attached hydrogens (tertiary/aromatic N) is 2. The number of piperazine rings is 1. The zero-order valence-corrected chi connectivity index (χ0v) is 12.3. The second-order valence-corrected chi connectivity index (χ2v) is 5.14. The Morgan fingerprint density at radius 1 is 1.14 bits per heavy atom. The lowest BCUT2D eigenvalue weighted by Crippen LogP contribution is -2.47. The molecule has 0 N–H and O–H groups in total. The van der Waals surface area contributed by atoms with Crippen LogP contribution in [0.5, 0.6) is 5.75 Å². The third-order valence-electron chi connectivity index (χ3n) is 3.66. The first-order chi connectivity index (χ1) is 10.2. The highest BCUT2D eigenvalue weighted by molar-refractivity contribution is 5.57. The molecule has 1 aliphatic heterocycles. The third-order valence-corrected chi connectivity index (χ3v) is 3.66. The lowest BCUT2D eigenvalue weighted by atomic mass is 10.2. The van der Waals surface area contributed by atoms with E-state index in [9.17, 15) is 8.78 Å². The number of methoxy groups -OCH3 is 1. The van der Waals surface area contributed by atoms with Gasteiger partial charge in [-0.25, -0.2) is 8.78 Å². The van der Waals surface area contributed by atoms with Crippen molar-refractivity contribution in [3.8, 4) is 5.75 Å². The molecular weight excluding hydrogens is 274 g/mol. The summed E-state index contributed by atoms with van der Waals surface area (Å²) in [5.41, 5.74) is 1.05. The van der Waals surface area contributed by atoms with E-state index in [0.717, 1.165) is 30.9 Å². The molecule has 1 fully saturated rings. The Bertz CT molecular complexity index is 457. The van der Waals surface area contributed by atoms with Crippen LogP contribution >= 0.6 is 0 Å². The highest BCUT2D eigenvalue weighted by atomic mass is 19.3. The molecule has 0 amide bonds. The second kappa shape index (κ2) is 8.10. The van der Waals surface area contributed by atoms with Crippen molar-refractivity contribution < 1.29 is 13.5 Å². The molecule has 0 bridgehead atoms. The molecule has 0 radical (unpaired) electrons. The van der Waals surface area contributed by atoms with Gasteiger partial charge in [-0.3, -0.25) is 9.80 Å². The van der Waals surface area contributed by atoms with Gasteiger partial charge in [0.2, 0.25) is 0 Å². The molecule has 1 saturated heterocycles. The van der Waals surface area contributed by atoms with E-state index in [1.165, 1.54) is 0 Å². The summed E-state index contributed by atoms with van der Waals surface area (Å²) >= 11 is 0. The molecule has 116 valence electrons. The number of rotatable bonds is 6. The van der Waals surface area contributed by atoms with E-state index in [4.69, 9.17) is 4.74 Å². The van der Waals surface area contributed by atoms with Crippen molar-refractivity contribution in [1.29, 1.82) is 0 Å². The maximum Gasteiger partial charge on any atom is 0.251 e. The standard InChI is InChI=1S/C16H22F2N2O/c1-21-15-7-3-2-5-14(15)6-4-8-19-9-11-20(12-10-19)13-16(17)18/h2-7,16H,8-13H2,1H3.